The van der Waals surface area contributed by atoms with Crippen LogP contribution < -0.4 is 16.4 Å². The molecular formula is C12H21IN6O. The fraction of sp³-hybridized carbons (Fsp3) is 0.583. The molecule has 112 valence electrons. The number of nitrogens with one attached hydrogen (secondary N) is 3. The zero-order valence-corrected chi connectivity index (χ0v) is 13.6. The second-order valence-corrected chi connectivity index (χ2v) is 4.62. The van der Waals surface area contributed by atoms with E-state index in [1.807, 2.05) is 0 Å². The van der Waals surface area contributed by atoms with Gasteiger partial charge in [0.2, 0.25) is 0 Å². The third-order valence-corrected chi connectivity index (χ3v) is 3.13. The minimum atomic E-state index is -0.185. The van der Waals surface area contributed by atoms with Crippen LogP contribution in [0.1, 0.15) is 36.2 Å². The van der Waals surface area contributed by atoms with Gasteiger partial charge in [-0.25, -0.2) is 0 Å². The number of H-pyrrole nitrogens is 1. The standard InChI is InChI=1S/C12H20N6O.HI/c13-12(17-9-3-1-2-4-9)15-8-7-14-11(19)10-5-6-16-18-10;/h5-6,9H,1-4,7-8H2,(H,14,19)(H,16,18)(H3,13,15,17);1H. The van der Waals surface area contributed by atoms with Crippen molar-refractivity contribution in [3.05, 3.63) is 18.0 Å². The summed E-state index contributed by atoms with van der Waals surface area (Å²) in [6, 6.07) is 2.08. The number of nitrogens with two attached hydrogens (primary N) is 1. The van der Waals surface area contributed by atoms with Crippen molar-refractivity contribution < 1.29 is 4.79 Å². The van der Waals surface area contributed by atoms with Crippen LogP contribution in [0.5, 0.6) is 0 Å². The number of aromatic nitrogens is 2. The molecule has 0 radical (unpaired) electrons. The average Bonchev–Trinajstić information content (AvgIpc) is 3.06. The van der Waals surface area contributed by atoms with Crippen LogP contribution in [0.2, 0.25) is 0 Å². The van der Waals surface area contributed by atoms with Gasteiger partial charge in [0, 0.05) is 18.8 Å². The van der Waals surface area contributed by atoms with Gasteiger partial charge in [0.25, 0.3) is 5.91 Å². The van der Waals surface area contributed by atoms with Crippen molar-refractivity contribution in [1.82, 2.24) is 20.8 Å². The average molecular weight is 392 g/mol. The molecule has 1 aromatic heterocycles. The van der Waals surface area contributed by atoms with E-state index in [2.05, 4.69) is 25.8 Å². The lowest BCUT2D eigenvalue weighted by molar-refractivity contribution is 0.0950. The molecule has 1 heterocycles. The highest BCUT2D eigenvalue weighted by atomic mass is 127. The number of rotatable bonds is 5. The summed E-state index contributed by atoms with van der Waals surface area (Å²) < 4.78 is 0. The third-order valence-electron chi connectivity index (χ3n) is 3.13. The summed E-state index contributed by atoms with van der Waals surface area (Å²) in [6.45, 7) is 0.913. The number of halogens is 1. The molecule has 1 aliphatic carbocycles. The molecule has 2 rings (SSSR count). The van der Waals surface area contributed by atoms with Gasteiger partial charge >= 0.3 is 0 Å². The van der Waals surface area contributed by atoms with E-state index in [1.54, 1.807) is 6.07 Å². The minimum Gasteiger partial charge on any atom is -0.370 e. The van der Waals surface area contributed by atoms with Crippen molar-refractivity contribution in [2.24, 2.45) is 10.7 Å². The number of amides is 1. The summed E-state index contributed by atoms with van der Waals surface area (Å²) in [5.41, 5.74) is 6.22. The van der Waals surface area contributed by atoms with Gasteiger partial charge in [-0.3, -0.25) is 14.9 Å². The molecule has 0 aliphatic heterocycles. The fourth-order valence-electron chi connectivity index (χ4n) is 2.15. The van der Waals surface area contributed by atoms with E-state index < -0.39 is 0 Å². The molecule has 1 amide bonds. The highest BCUT2D eigenvalue weighted by molar-refractivity contribution is 14.0. The lowest BCUT2D eigenvalue weighted by Gasteiger charge is -2.12. The maximum atomic E-state index is 11.6. The van der Waals surface area contributed by atoms with Crippen LogP contribution in [0.4, 0.5) is 0 Å². The summed E-state index contributed by atoms with van der Waals surface area (Å²) >= 11 is 0. The third kappa shape index (κ3) is 5.35. The first-order chi connectivity index (χ1) is 9.25. The Labute approximate surface area is 135 Å². The van der Waals surface area contributed by atoms with Crippen LogP contribution in [-0.2, 0) is 0 Å². The Bertz CT molecular complexity index is 427. The van der Waals surface area contributed by atoms with E-state index in [1.165, 1.54) is 19.0 Å². The van der Waals surface area contributed by atoms with Crippen molar-refractivity contribution in [2.45, 2.75) is 31.7 Å². The topological polar surface area (TPSA) is 108 Å². The van der Waals surface area contributed by atoms with E-state index in [0.717, 1.165) is 12.8 Å². The molecule has 1 saturated carbocycles. The van der Waals surface area contributed by atoms with Gasteiger partial charge in [-0.2, -0.15) is 5.10 Å². The molecule has 1 aliphatic rings. The molecule has 5 N–H and O–H groups in total. The van der Waals surface area contributed by atoms with Crippen LogP contribution in [0, 0.1) is 0 Å². The second kappa shape index (κ2) is 8.77. The molecule has 0 atom stereocenters. The summed E-state index contributed by atoms with van der Waals surface area (Å²) in [6.07, 6.45) is 6.37. The van der Waals surface area contributed by atoms with Gasteiger partial charge in [0.15, 0.2) is 5.96 Å². The lowest BCUT2D eigenvalue weighted by atomic mass is 10.2. The first kappa shape index (κ1) is 16.7. The molecule has 7 nitrogen and oxygen atoms in total. The van der Waals surface area contributed by atoms with Gasteiger partial charge in [-0.15, -0.1) is 24.0 Å². The maximum Gasteiger partial charge on any atom is 0.269 e. The molecule has 0 bridgehead atoms. The normalized spacial score (nSPS) is 15.7. The number of carbonyl (C=O) groups excluding carboxylic acids is 1. The molecule has 1 aromatic rings. The van der Waals surface area contributed by atoms with E-state index in [9.17, 15) is 4.79 Å². The minimum absolute atomic E-state index is 0. The summed E-state index contributed by atoms with van der Waals surface area (Å²) in [4.78, 5) is 15.7. The van der Waals surface area contributed by atoms with Gasteiger partial charge < -0.3 is 16.4 Å². The summed E-state index contributed by atoms with van der Waals surface area (Å²) in [7, 11) is 0. The predicted molar refractivity (Wildman–Crippen MR) is 88.2 cm³/mol. The quantitative estimate of drug-likeness (QED) is 0.255. The Balaban J connectivity index is 0.00000200. The Morgan fingerprint density at radius 3 is 2.90 bits per heavy atom. The van der Waals surface area contributed by atoms with Crippen LogP contribution in [0.15, 0.2) is 17.3 Å². The van der Waals surface area contributed by atoms with Crippen LogP contribution in [0.25, 0.3) is 0 Å². The van der Waals surface area contributed by atoms with Gasteiger partial charge in [-0.1, -0.05) is 12.8 Å². The molecular weight excluding hydrogens is 371 g/mol. The van der Waals surface area contributed by atoms with Crippen molar-refractivity contribution in [1.29, 1.82) is 0 Å². The first-order valence-corrected chi connectivity index (χ1v) is 6.60. The maximum absolute atomic E-state index is 11.6. The van der Waals surface area contributed by atoms with Crippen molar-refractivity contribution in [3.8, 4) is 0 Å². The number of nitrogens with zero attached hydrogens (tertiary/aromatic N) is 2. The Kier molecular flexibility index (Phi) is 7.34. The zero-order valence-electron chi connectivity index (χ0n) is 11.3. The Hall–Kier alpha value is -1.32. The summed E-state index contributed by atoms with van der Waals surface area (Å²) in [5, 5.41) is 12.2. The lowest BCUT2D eigenvalue weighted by Crippen LogP contribution is -2.39. The molecule has 0 aromatic carbocycles. The fourth-order valence-corrected chi connectivity index (χ4v) is 2.15. The van der Waals surface area contributed by atoms with Crippen molar-refractivity contribution >= 4 is 35.8 Å². The number of hydrogen-bond acceptors (Lipinski definition) is 3. The zero-order chi connectivity index (χ0) is 13.5. The van der Waals surface area contributed by atoms with Gasteiger partial charge in [0.05, 0.1) is 6.54 Å². The molecule has 1 fully saturated rings. The largest absolute Gasteiger partial charge is 0.370 e. The smallest absolute Gasteiger partial charge is 0.269 e. The van der Waals surface area contributed by atoms with Crippen molar-refractivity contribution in [3.63, 3.8) is 0 Å². The van der Waals surface area contributed by atoms with E-state index in [-0.39, 0.29) is 29.9 Å². The summed E-state index contributed by atoms with van der Waals surface area (Å²) in [5.74, 6) is 0.276. The van der Waals surface area contributed by atoms with Crippen molar-refractivity contribution in [2.75, 3.05) is 13.1 Å². The number of aliphatic imine (C=N–C) groups is 1. The van der Waals surface area contributed by atoms with E-state index >= 15 is 0 Å². The van der Waals surface area contributed by atoms with Crippen LogP contribution >= 0.6 is 24.0 Å². The van der Waals surface area contributed by atoms with Gasteiger partial charge in [0.1, 0.15) is 5.69 Å². The van der Waals surface area contributed by atoms with E-state index in [0.29, 0.717) is 30.8 Å². The van der Waals surface area contributed by atoms with Crippen LogP contribution in [-0.4, -0.2) is 41.2 Å². The molecule has 8 heteroatoms. The number of guanidine groups is 1. The first-order valence-electron chi connectivity index (χ1n) is 6.60. The highest BCUT2D eigenvalue weighted by Gasteiger charge is 2.14. The highest BCUT2D eigenvalue weighted by Crippen LogP contribution is 2.17. The second-order valence-electron chi connectivity index (χ2n) is 4.62. The Morgan fingerprint density at radius 1 is 1.50 bits per heavy atom. The number of hydrogen-bond donors (Lipinski definition) is 4. The van der Waals surface area contributed by atoms with Crippen LogP contribution in [0.3, 0.4) is 0 Å². The molecule has 0 saturated heterocycles. The predicted octanol–water partition coefficient (Wildman–Crippen LogP) is 0.604. The van der Waals surface area contributed by atoms with Gasteiger partial charge in [-0.05, 0) is 18.9 Å². The SMILES string of the molecule is I.NC(=NCCNC(=O)c1ccn[nH]1)NC1CCCC1. The van der Waals surface area contributed by atoms with E-state index in [4.69, 9.17) is 5.73 Å². The molecule has 0 unspecified atom stereocenters. The Morgan fingerprint density at radius 2 is 2.25 bits per heavy atom. The number of carbonyl (C=O) groups is 1. The monoisotopic (exact) mass is 392 g/mol. The molecule has 0 spiro atoms. The molecule has 20 heavy (non-hydrogen) atoms. The number of aromatic amines is 1.